The smallest absolute Gasteiger partial charge is 0.325 e. The fourth-order valence-corrected chi connectivity index (χ4v) is 4.06. The molecule has 148 valence electrons. The number of hydrogen-bond acceptors (Lipinski definition) is 3. The van der Waals surface area contributed by atoms with Gasteiger partial charge in [0.25, 0.3) is 5.91 Å². The summed E-state index contributed by atoms with van der Waals surface area (Å²) in [4.78, 5) is 41.0. The van der Waals surface area contributed by atoms with Crippen molar-refractivity contribution in [1.29, 1.82) is 0 Å². The quantitative estimate of drug-likeness (QED) is 0.738. The molecule has 4 rings (SSSR count). The van der Waals surface area contributed by atoms with Crippen LogP contribution < -0.4 is 5.32 Å². The predicted octanol–water partition coefficient (Wildman–Crippen LogP) is 2.99. The number of imide groups is 1. The second-order valence-corrected chi connectivity index (χ2v) is 7.89. The Morgan fingerprint density at radius 3 is 2.61 bits per heavy atom. The van der Waals surface area contributed by atoms with Crippen LogP contribution >= 0.6 is 0 Å². The van der Waals surface area contributed by atoms with Gasteiger partial charge in [-0.2, -0.15) is 0 Å². The van der Waals surface area contributed by atoms with Crippen LogP contribution in [0.15, 0.2) is 42.1 Å². The molecule has 6 nitrogen and oxygen atoms in total. The lowest BCUT2D eigenvalue weighted by Gasteiger charge is -2.29. The highest BCUT2D eigenvalue weighted by molar-refractivity contribution is 6.06. The third kappa shape index (κ3) is 4.11. The van der Waals surface area contributed by atoms with Crippen molar-refractivity contribution in [3.8, 4) is 0 Å². The molecule has 2 fully saturated rings. The van der Waals surface area contributed by atoms with E-state index in [1.165, 1.54) is 0 Å². The standard InChI is InChI=1S/C22H27N3O3/c26-20(25(18-12-13-18)17-9-5-2-6-10-17)15-24-21(27)19(23-22(24)28)14-11-16-7-3-1-4-8-16/h1,3-4,7-9,18-19H,2,5-6,10-15H2,(H,23,28)/t19-/m0/s1. The molecule has 28 heavy (non-hydrogen) atoms. The first kappa shape index (κ1) is 18.7. The normalized spacial score (nSPS) is 22.1. The van der Waals surface area contributed by atoms with Crippen molar-refractivity contribution < 1.29 is 14.4 Å². The van der Waals surface area contributed by atoms with E-state index in [0.717, 1.165) is 54.7 Å². The van der Waals surface area contributed by atoms with Gasteiger partial charge in [-0.05, 0) is 56.9 Å². The number of benzene rings is 1. The largest absolute Gasteiger partial charge is 0.326 e. The van der Waals surface area contributed by atoms with E-state index < -0.39 is 12.1 Å². The Morgan fingerprint density at radius 1 is 1.14 bits per heavy atom. The van der Waals surface area contributed by atoms with Gasteiger partial charge in [-0.3, -0.25) is 14.5 Å². The van der Waals surface area contributed by atoms with Crippen LogP contribution in [0.3, 0.4) is 0 Å². The molecule has 0 unspecified atom stereocenters. The number of amides is 4. The summed E-state index contributed by atoms with van der Waals surface area (Å²) in [6.07, 6.45) is 9.55. The summed E-state index contributed by atoms with van der Waals surface area (Å²) in [6.45, 7) is -0.166. The van der Waals surface area contributed by atoms with E-state index in [9.17, 15) is 14.4 Å². The van der Waals surface area contributed by atoms with Crippen LogP contribution in [0.5, 0.6) is 0 Å². The molecule has 2 aliphatic carbocycles. The summed E-state index contributed by atoms with van der Waals surface area (Å²) >= 11 is 0. The maximum absolute atomic E-state index is 13.0. The monoisotopic (exact) mass is 381 g/mol. The third-order valence-electron chi connectivity index (χ3n) is 5.72. The zero-order chi connectivity index (χ0) is 19.5. The van der Waals surface area contributed by atoms with E-state index in [4.69, 9.17) is 0 Å². The highest BCUT2D eigenvalue weighted by Crippen LogP contribution is 2.34. The molecule has 1 saturated heterocycles. The van der Waals surface area contributed by atoms with E-state index in [-0.39, 0.29) is 24.4 Å². The van der Waals surface area contributed by atoms with Crippen LogP contribution in [-0.4, -0.2) is 46.3 Å². The van der Waals surface area contributed by atoms with Gasteiger partial charge >= 0.3 is 6.03 Å². The van der Waals surface area contributed by atoms with Crippen LogP contribution in [-0.2, 0) is 16.0 Å². The third-order valence-corrected chi connectivity index (χ3v) is 5.72. The van der Waals surface area contributed by atoms with Gasteiger partial charge < -0.3 is 10.2 Å². The Bertz CT molecular complexity index is 785. The Morgan fingerprint density at radius 2 is 1.93 bits per heavy atom. The topological polar surface area (TPSA) is 69.7 Å². The molecule has 6 heteroatoms. The second kappa shape index (κ2) is 8.17. The summed E-state index contributed by atoms with van der Waals surface area (Å²) in [5.41, 5.74) is 2.20. The average Bonchev–Trinajstić information content (AvgIpc) is 3.51. The zero-order valence-electron chi connectivity index (χ0n) is 16.1. The minimum absolute atomic E-state index is 0.136. The van der Waals surface area contributed by atoms with Gasteiger partial charge in [-0.25, -0.2) is 4.79 Å². The first-order valence-electron chi connectivity index (χ1n) is 10.3. The summed E-state index contributed by atoms with van der Waals surface area (Å²) in [7, 11) is 0. The molecule has 1 aromatic rings. The molecule has 0 radical (unpaired) electrons. The molecule has 1 heterocycles. The fourth-order valence-electron chi connectivity index (χ4n) is 4.06. The van der Waals surface area contributed by atoms with Crippen LogP contribution in [0.4, 0.5) is 4.79 Å². The Balaban J connectivity index is 1.38. The number of nitrogens with one attached hydrogen (secondary N) is 1. The van der Waals surface area contributed by atoms with Gasteiger partial charge in [0.2, 0.25) is 5.91 Å². The average molecular weight is 381 g/mol. The molecule has 1 saturated carbocycles. The highest BCUT2D eigenvalue weighted by atomic mass is 16.2. The number of carbonyl (C=O) groups excluding carboxylic acids is 3. The molecule has 1 N–H and O–H groups in total. The van der Waals surface area contributed by atoms with Crippen LogP contribution in [0.1, 0.15) is 50.5 Å². The summed E-state index contributed by atoms with van der Waals surface area (Å²) in [5, 5.41) is 2.74. The summed E-state index contributed by atoms with van der Waals surface area (Å²) in [5.74, 6) is -0.425. The van der Waals surface area contributed by atoms with E-state index in [2.05, 4.69) is 11.4 Å². The van der Waals surface area contributed by atoms with Gasteiger partial charge in [0.05, 0.1) is 0 Å². The van der Waals surface area contributed by atoms with Crippen molar-refractivity contribution in [2.45, 2.75) is 63.5 Å². The number of carbonyl (C=O) groups is 3. The van der Waals surface area contributed by atoms with Crippen molar-refractivity contribution >= 4 is 17.8 Å². The molecular weight excluding hydrogens is 354 g/mol. The van der Waals surface area contributed by atoms with E-state index >= 15 is 0 Å². The van der Waals surface area contributed by atoms with Crippen molar-refractivity contribution in [2.75, 3.05) is 6.54 Å². The van der Waals surface area contributed by atoms with Gasteiger partial charge in [0.15, 0.2) is 0 Å². The fraction of sp³-hybridized carbons (Fsp3) is 0.500. The van der Waals surface area contributed by atoms with Crippen molar-refractivity contribution in [1.82, 2.24) is 15.1 Å². The molecule has 4 amide bonds. The van der Waals surface area contributed by atoms with Crippen molar-refractivity contribution in [3.05, 3.63) is 47.7 Å². The molecule has 0 aromatic heterocycles. The van der Waals surface area contributed by atoms with Gasteiger partial charge in [-0.15, -0.1) is 0 Å². The number of aryl methyl sites for hydroxylation is 1. The van der Waals surface area contributed by atoms with Crippen LogP contribution in [0.25, 0.3) is 0 Å². The Kier molecular flexibility index (Phi) is 5.46. The number of allylic oxidation sites excluding steroid dienone is 2. The van der Waals surface area contributed by atoms with Crippen LogP contribution in [0.2, 0.25) is 0 Å². The van der Waals surface area contributed by atoms with E-state index in [1.807, 2.05) is 35.2 Å². The molecule has 1 aromatic carbocycles. The van der Waals surface area contributed by atoms with Gasteiger partial charge in [0.1, 0.15) is 12.6 Å². The Hall–Kier alpha value is -2.63. The first-order valence-corrected chi connectivity index (χ1v) is 10.3. The van der Waals surface area contributed by atoms with E-state index in [1.54, 1.807) is 0 Å². The second-order valence-electron chi connectivity index (χ2n) is 7.89. The lowest BCUT2D eigenvalue weighted by atomic mass is 10.0. The lowest BCUT2D eigenvalue weighted by molar-refractivity contribution is -0.136. The molecule has 1 aliphatic heterocycles. The molecule has 0 bridgehead atoms. The first-order chi connectivity index (χ1) is 13.6. The summed E-state index contributed by atoms with van der Waals surface area (Å²) in [6, 6.07) is 9.12. The van der Waals surface area contributed by atoms with Gasteiger partial charge in [-0.1, -0.05) is 36.4 Å². The van der Waals surface area contributed by atoms with Crippen LogP contribution in [0, 0.1) is 0 Å². The number of rotatable bonds is 7. The van der Waals surface area contributed by atoms with Gasteiger partial charge in [0, 0.05) is 11.7 Å². The van der Waals surface area contributed by atoms with E-state index in [0.29, 0.717) is 12.8 Å². The predicted molar refractivity (Wildman–Crippen MR) is 105 cm³/mol. The zero-order valence-corrected chi connectivity index (χ0v) is 16.1. The number of hydrogen-bond donors (Lipinski definition) is 1. The van der Waals surface area contributed by atoms with Crippen molar-refractivity contribution in [3.63, 3.8) is 0 Å². The lowest BCUT2D eigenvalue weighted by Crippen LogP contribution is -2.44. The maximum Gasteiger partial charge on any atom is 0.325 e. The minimum atomic E-state index is -0.552. The van der Waals surface area contributed by atoms with Crippen molar-refractivity contribution in [2.24, 2.45) is 0 Å². The molecule has 1 atom stereocenters. The molecule has 0 spiro atoms. The molecular formula is C22H27N3O3. The number of urea groups is 1. The Labute approximate surface area is 165 Å². The SMILES string of the molecule is O=C1N[C@@H](CCc2ccccc2)C(=O)N1CC(=O)N(C1=CCCCC1)C1CC1. The number of nitrogens with zero attached hydrogens (tertiary/aromatic N) is 2. The maximum atomic E-state index is 13.0. The highest BCUT2D eigenvalue weighted by Gasteiger charge is 2.41. The summed E-state index contributed by atoms with van der Waals surface area (Å²) < 4.78 is 0. The minimum Gasteiger partial charge on any atom is -0.326 e. The molecule has 3 aliphatic rings.